The fourth-order valence-corrected chi connectivity index (χ4v) is 6.53. The summed E-state index contributed by atoms with van der Waals surface area (Å²) in [6.45, 7) is 4.20. The summed E-state index contributed by atoms with van der Waals surface area (Å²) in [5, 5.41) is 5.97. The number of fused-ring (bicyclic) bond motifs is 1. The van der Waals surface area contributed by atoms with E-state index in [0.717, 1.165) is 68.1 Å². The van der Waals surface area contributed by atoms with Gasteiger partial charge in [0.25, 0.3) is 0 Å². The van der Waals surface area contributed by atoms with E-state index in [4.69, 9.17) is 20.7 Å². The van der Waals surface area contributed by atoms with Crippen molar-refractivity contribution in [2.75, 3.05) is 23.8 Å². The molecule has 2 aromatic heterocycles. The van der Waals surface area contributed by atoms with Crippen molar-refractivity contribution < 1.29 is 0 Å². The molecule has 40 heavy (non-hydrogen) atoms. The summed E-state index contributed by atoms with van der Waals surface area (Å²) in [4.78, 5) is 14.8. The van der Waals surface area contributed by atoms with Gasteiger partial charge in [-0.25, -0.2) is 9.99 Å². The molecule has 3 aliphatic rings. The molecular formula is C29H45Cl3N8. The molecule has 0 bridgehead atoms. The number of hydrazine groups is 1. The standard InChI is InChI=1S/C29H42N8.3ClH/c1-20-5-4-6-22(17-20)18-21-13-15-36(16-14-21)35-27-26-28(37(19-31-26)25-7-2-3-8-25)34-29(33-27)32-24-11-9-23(30)10-12-24;;;/h4-6,17,19,21,23-25H,2-3,7-16,18,30H2,1H3,(H2,32,33,34,35);3*1H. The molecule has 222 valence electrons. The van der Waals surface area contributed by atoms with E-state index in [2.05, 4.69) is 51.5 Å². The van der Waals surface area contributed by atoms with Crippen molar-refractivity contribution >= 4 is 60.2 Å². The number of piperidine rings is 1. The highest BCUT2D eigenvalue weighted by Crippen LogP contribution is 2.34. The topological polar surface area (TPSA) is 96.9 Å². The van der Waals surface area contributed by atoms with Crippen LogP contribution in [0.3, 0.4) is 0 Å². The molecule has 0 unspecified atom stereocenters. The van der Waals surface area contributed by atoms with Gasteiger partial charge in [0.1, 0.15) is 0 Å². The van der Waals surface area contributed by atoms with Gasteiger partial charge in [0.05, 0.1) is 6.33 Å². The molecule has 0 amide bonds. The van der Waals surface area contributed by atoms with Crippen molar-refractivity contribution in [3.05, 3.63) is 41.7 Å². The molecule has 2 saturated carbocycles. The summed E-state index contributed by atoms with van der Waals surface area (Å²) >= 11 is 0. The largest absolute Gasteiger partial charge is 0.351 e. The number of anilines is 2. The van der Waals surface area contributed by atoms with E-state index in [1.165, 1.54) is 49.7 Å². The molecule has 2 aliphatic carbocycles. The molecular weight excluding hydrogens is 567 g/mol. The number of imidazole rings is 1. The number of hydrogen-bond donors (Lipinski definition) is 3. The van der Waals surface area contributed by atoms with E-state index < -0.39 is 0 Å². The Labute approximate surface area is 256 Å². The van der Waals surface area contributed by atoms with Crippen molar-refractivity contribution in [2.45, 2.75) is 95.7 Å². The summed E-state index contributed by atoms with van der Waals surface area (Å²) in [6, 6.07) is 10.2. The van der Waals surface area contributed by atoms with Crippen LogP contribution in [-0.2, 0) is 6.42 Å². The van der Waals surface area contributed by atoms with Gasteiger partial charge in [0.15, 0.2) is 17.0 Å². The van der Waals surface area contributed by atoms with Gasteiger partial charge >= 0.3 is 0 Å². The molecule has 6 rings (SSSR count). The van der Waals surface area contributed by atoms with Gasteiger partial charge < -0.3 is 21.0 Å². The third kappa shape index (κ3) is 7.71. The summed E-state index contributed by atoms with van der Waals surface area (Å²) < 4.78 is 2.30. The molecule has 1 saturated heterocycles. The zero-order chi connectivity index (χ0) is 25.2. The van der Waals surface area contributed by atoms with Crippen LogP contribution in [0.2, 0.25) is 0 Å². The van der Waals surface area contributed by atoms with Gasteiger partial charge in [0, 0.05) is 31.2 Å². The number of nitrogens with two attached hydrogens (primary N) is 1. The lowest BCUT2D eigenvalue weighted by Crippen LogP contribution is -2.39. The number of nitrogens with one attached hydrogen (secondary N) is 2. The quantitative estimate of drug-likeness (QED) is 0.281. The maximum atomic E-state index is 6.14. The van der Waals surface area contributed by atoms with Crippen LogP contribution in [0.5, 0.6) is 0 Å². The monoisotopic (exact) mass is 610 g/mol. The molecule has 0 spiro atoms. The van der Waals surface area contributed by atoms with E-state index in [1.807, 2.05) is 6.33 Å². The minimum absolute atomic E-state index is 0. The summed E-state index contributed by atoms with van der Waals surface area (Å²) in [7, 11) is 0. The number of nitrogens with zero attached hydrogens (tertiary/aromatic N) is 5. The van der Waals surface area contributed by atoms with Crippen LogP contribution in [-0.4, -0.2) is 49.7 Å². The maximum absolute atomic E-state index is 6.14. The van der Waals surface area contributed by atoms with E-state index in [9.17, 15) is 0 Å². The zero-order valence-electron chi connectivity index (χ0n) is 23.4. The van der Waals surface area contributed by atoms with Crippen LogP contribution < -0.4 is 16.5 Å². The van der Waals surface area contributed by atoms with Crippen molar-refractivity contribution in [3.8, 4) is 0 Å². The Kier molecular flexibility index (Phi) is 12.1. The molecule has 3 heterocycles. The number of benzene rings is 1. The van der Waals surface area contributed by atoms with Gasteiger partial charge in [-0.1, -0.05) is 42.7 Å². The van der Waals surface area contributed by atoms with Crippen molar-refractivity contribution in [3.63, 3.8) is 0 Å². The first kappa shape index (κ1) is 32.7. The number of rotatable bonds is 7. The molecule has 3 fully saturated rings. The normalized spacial score (nSPS) is 22.2. The molecule has 3 aromatic rings. The van der Waals surface area contributed by atoms with E-state index >= 15 is 0 Å². The lowest BCUT2D eigenvalue weighted by atomic mass is 9.90. The lowest BCUT2D eigenvalue weighted by Gasteiger charge is -2.32. The Hall–Kier alpha value is -1.84. The first-order valence-electron chi connectivity index (χ1n) is 14.4. The third-order valence-corrected chi connectivity index (χ3v) is 8.73. The lowest BCUT2D eigenvalue weighted by molar-refractivity contribution is 0.216. The fourth-order valence-electron chi connectivity index (χ4n) is 6.53. The van der Waals surface area contributed by atoms with Crippen LogP contribution in [0.15, 0.2) is 30.6 Å². The number of aromatic nitrogens is 4. The Balaban J connectivity index is 0.00000147. The van der Waals surface area contributed by atoms with Crippen LogP contribution in [0.4, 0.5) is 11.8 Å². The van der Waals surface area contributed by atoms with E-state index in [0.29, 0.717) is 24.1 Å². The van der Waals surface area contributed by atoms with Crippen molar-refractivity contribution in [1.29, 1.82) is 0 Å². The molecule has 1 aliphatic heterocycles. The summed E-state index contributed by atoms with van der Waals surface area (Å²) in [6.07, 6.45) is 14.7. The predicted molar refractivity (Wildman–Crippen MR) is 171 cm³/mol. The molecule has 0 radical (unpaired) electrons. The molecule has 8 nitrogen and oxygen atoms in total. The van der Waals surface area contributed by atoms with Gasteiger partial charge in [-0.05, 0) is 76.2 Å². The summed E-state index contributed by atoms with van der Waals surface area (Å²) in [5.41, 5.74) is 14.4. The highest BCUT2D eigenvalue weighted by atomic mass is 35.5. The van der Waals surface area contributed by atoms with Crippen molar-refractivity contribution in [2.24, 2.45) is 11.7 Å². The van der Waals surface area contributed by atoms with Crippen LogP contribution in [0.1, 0.15) is 81.4 Å². The van der Waals surface area contributed by atoms with Gasteiger partial charge in [-0.15, -0.1) is 37.2 Å². The first-order chi connectivity index (χ1) is 18.1. The average Bonchev–Trinajstić information content (AvgIpc) is 3.57. The third-order valence-electron chi connectivity index (χ3n) is 8.73. The maximum Gasteiger partial charge on any atom is 0.227 e. The zero-order valence-corrected chi connectivity index (χ0v) is 25.9. The second-order valence-corrected chi connectivity index (χ2v) is 11.6. The Morgan fingerprint density at radius 1 is 0.925 bits per heavy atom. The van der Waals surface area contributed by atoms with Crippen molar-refractivity contribution in [1.82, 2.24) is 24.5 Å². The van der Waals surface area contributed by atoms with E-state index in [-0.39, 0.29) is 37.2 Å². The molecule has 1 aromatic carbocycles. The Morgan fingerprint density at radius 3 is 2.35 bits per heavy atom. The van der Waals surface area contributed by atoms with Crippen LogP contribution >= 0.6 is 37.2 Å². The van der Waals surface area contributed by atoms with Gasteiger partial charge in [-0.2, -0.15) is 9.97 Å². The Morgan fingerprint density at radius 2 is 1.65 bits per heavy atom. The highest BCUT2D eigenvalue weighted by molar-refractivity contribution is 5.86. The predicted octanol–water partition coefficient (Wildman–Crippen LogP) is 6.48. The second-order valence-electron chi connectivity index (χ2n) is 11.6. The fraction of sp³-hybridized carbons (Fsp3) is 0.621. The minimum Gasteiger partial charge on any atom is -0.351 e. The van der Waals surface area contributed by atoms with Crippen LogP contribution in [0, 0.1) is 12.8 Å². The Bertz CT molecular complexity index is 1200. The number of hydrogen-bond acceptors (Lipinski definition) is 7. The van der Waals surface area contributed by atoms with E-state index in [1.54, 1.807) is 0 Å². The van der Waals surface area contributed by atoms with Crippen LogP contribution in [0.25, 0.3) is 11.2 Å². The molecule has 11 heteroatoms. The minimum atomic E-state index is 0. The second kappa shape index (κ2) is 14.9. The van der Waals surface area contributed by atoms with Gasteiger partial charge in [-0.3, -0.25) is 0 Å². The summed E-state index contributed by atoms with van der Waals surface area (Å²) in [5.74, 6) is 2.26. The number of halogens is 3. The highest BCUT2D eigenvalue weighted by Gasteiger charge is 2.26. The number of aryl methyl sites for hydroxylation is 1. The SMILES string of the molecule is Cc1cccc(CC2CCN(Nc3nc(NC4CCC(N)CC4)nc4c3ncn4C3CCCC3)CC2)c1.Cl.Cl.Cl. The average molecular weight is 612 g/mol. The van der Waals surface area contributed by atoms with Gasteiger partial charge in [0.2, 0.25) is 5.95 Å². The first-order valence-corrected chi connectivity index (χ1v) is 14.4. The molecule has 0 atom stereocenters. The molecule has 4 N–H and O–H groups in total. The smallest absolute Gasteiger partial charge is 0.227 e.